The maximum Gasteiger partial charge on any atom is 0.260 e. The molecule has 0 bridgehead atoms. The van der Waals surface area contributed by atoms with Crippen LogP contribution in [0.2, 0.25) is 0 Å². The highest BCUT2D eigenvalue weighted by atomic mass is 16.5. The van der Waals surface area contributed by atoms with E-state index in [2.05, 4.69) is 23.2 Å². The average Bonchev–Trinajstić information content (AvgIpc) is 3.04. The van der Waals surface area contributed by atoms with Crippen molar-refractivity contribution in [3.05, 3.63) is 59.8 Å². The van der Waals surface area contributed by atoms with Crippen LogP contribution in [0.25, 0.3) is 10.9 Å². The molecule has 2 aromatic carbocycles. The predicted octanol–water partition coefficient (Wildman–Crippen LogP) is 3.14. The van der Waals surface area contributed by atoms with Gasteiger partial charge in [-0.25, -0.2) is 0 Å². The molecule has 2 heterocycles. The van der Waals surface area contributed by atoms with Crippen molar-refractivity contribution in [1.29, 1.82) is 0 Å². The van der Waals surface area contributed by atoms with E-state index < -0.39 is 0 Å². The summed E-state index contributed by atoms with van der Waals surface area (Å²) in [6, 6.07) is 15.5. The lowest BCUT2D eigenvalue weighted by molar-refractivity contribution is -0.134. The third-order valence-electron chi connectivity index (χ3n) is 4.66. The van der Waals surface area contributed by atoms with Gasteiger partial charge in [-0.15, -0.1) is 0 Å². The highest BCUT2D eigenvalue weighted by Crippen LogP contribution is 2.27. The number of benzene rings is 2. The molecule has 1 aliphatic rings. The molecule has 0 radical (unpaired) electrons. The highest BCUT2D eigenvalue weighted by Gasteiger charge is 2.23. The minimum atomic E-state index is 0.000115. The van der Waals surface area contributed by atoms with Crippen molar-refractivity contribution in [3.8, 4) is 11.5 Å². The number of carbonyl (C=O) groups is 1. The summed E-state index contributed by atoms with van der Waals surface area (Å²) in [6.45, 7) is 1.37. The zero-order chi connectivity index (χ0) is 17.2. The number of aromatic nitrogens is 1. The van der Waals surface area contributed by atoms with Gasteiger partial charge in [0.25, 0.3) is 5.91 Å². The van der Waals surface area contributed by atoms with Crippen LogP contribution in [0.1, 0.15) is 11.3 Å². The number of carbonyl (C=O) groups excluding carboxylic acids is 1. The Morgan fingerprint density at radius 1 is 1.12 bits per heavy atom. The van der Waals surface area contributed by atoms with Crippen LogP contribution in [0, 0.1) is 0 Å². The molecule has 0 aliphatic carbocycles. The van der Waals surface area contributed by atoms with Gasteiger partial charge in [0, 0.05) is 23.1 Å². The normalized spacial score (nSPS) is 13.6. The second-order valence-corrected chi connectivity index (χ2v) is 6.16. The molecule has 0 unspecified atom stereocenters. The van der Waals surface area contributed by atoms with Gasteiger partial charge in [-0.1, -0.05) is 18.2 Å². The molecule has 0 spiro atoms. The number of nitrogens with one attached hydrogen (secondary N) is 1. The minimum Gasteiger partial charge on any atom is -0.497 e. The lowest BCUT2D eigenvalue weighted by Crippen LogP contribution is -2.38. The molecular formula is C20H20N2O3. The zero-order valence-electron chi connectivity index (χ0n) is 14.1. The van der Waals surface area contributed by atoms with E-state index in [1.165, 1.54) is 10.9 Å². The van der Waals surface area contributed by atoms with Gasteiger partial charge in [-0.3, -0.25) is 4.79 Å². The summed E-state index contributed by atoms with van der Waals surface area (Å²) in [7, 11) is 1.62. The Kier molecular flexibility index (Phi) is 4.06. The fourth-order valence-electron chi connectivity index (χ4n) is 3.31. The van der Waals surface area contributed by atoms with Crippen LogP contribution in [0.15, 0.2) is 48.5 Å². The van der Waals surface area contributed by atoms with E-state index in [1.54, 1.807) is 19.2 Å². The van der Waals surface area contributed by atoms with E-state index >= 15 is 0 Å². The summed E-state index contributed by atoms with van der Waals surface area (Å²) in [5.74, 6) is 1.43. The van der Waals surface area contributed by atoms with Crippen molar-refractivity contribution in [2.24, 2.45) is 0 Å². The van der Waals surface area contributed by atoms with Crippen LogP contribution < -0.4 is 9.47 Å². The Balaban J connectivity index is 1.41. The molecule has 1 aliphatic heterocycles. The van der Waals surface area contributed by atoms with E-state index in [1.807, 2.05) is 23.1 Å². The van der Waals surface area contributed by atoms with Gasteiger partial charge in [-0.2, -0.15) is 0 Å². The zero-order valence-corrected chi connectivity index (χ0v) is 14.1. The summed E-state index contributed by atoms with van der Waals surface area (Å²) in [6.07, 6.45) is 0.869. The number of rotatable bonds is 4. The number of methoxy groups -OCH3 is 1. The van der Waals surface area contributed by atoms with Crippen LogP contribution in [0.5, 0.6) is 11.5 Å². The molecule has 128 valence electrons. The maximum absolute atomic E-state index is 12.5. The summed E-state index contributed by atoms with van der Waals surface area (Å²) < 4.78 is 10.7. The molecule has 5 nitrogen and oxygen atoms in total. The first kappa shape index (κ1) is 15.6. The summed E-state index contributed by atoms with van der Waals surface area (Å²) in [5.41, 5.74) is 3.59. The molecule has 0 saturated heterocycles. The Morgan fingerprint density at radius 2 is 1.88 bits per heavy atom. The summed E-state index contributed by atoms with van der Waals surface area (Å²) in [5, 5.41) is 1.26. The molecule has 3 aromatic rings. The number of hydrogen-bond donors (Lipinski definition) is 1. The van der Waals surface area contributed by atoms with Gasteiger partial charge >= 0.3 is 0 Å². The second kappa shape index (κ2) is 6.51. The van der Waals surface area contributed by atoms with Crippen LogP contribution in [-0.2, 0) is 17.8 Å². The third kappa shape index (κ3) is 3.05. The topological polar surface area (TPSA) is 54.6 Å². The van der Waals surface area contributed by atoms with Gasteiger partial charge in [0.1, 0.15) is 11.5 Å². The van der Waals surface area contributed by atoms with Crippen LogP contribution in [-0.4, -0.2) is 36.1 Å². The molecule has 4 rings (SSSR count). The number of para-hydroxylation sites is 1. The van der Waals surface area contributed by atoms with E-state index in [0.717, 1.165) is 29.9 Å². The van der Waals surface area contributed by atoms with Crippen LogP contribution in [0.4, 0.5) is 0 Å². The Hall–Kier alpha value is -2.95. The molecule has 0 saturated carbocycles. The first-order chi connectivity index (χ1) is 12.2. The van der Waals surface area contributed by atoms with Crippen molar-refractivity contribution in [3.63, 3.8) is 0 Å². The van der Waals surface area contributed by atoms with Crippen molar-refractivity contribution in [2.45, 2.75) is 13.0 Å². The first-order valence-electron chi connectivity index (χ1n) is 8.37. The molecule has 1 aromatic heterocycles. The number of ether oxygens (including phenoxy) is 2. The van der Waals surface area contributed by atoms with Gasteiger partial charge in [0.05, 0.1) is 13.7 Å². The minimum absolute atomic E-state index is 0.000115. The van der Waals surface area contributed by atoms with E-state index in [4.69, 9.17) is 9.47 Å². The first-order valence-corrected chi connectivity index (χ1v) is 8.37. The Morgan fingerprint density at radius 3 is 2.68 bits per heavy atom. The van der Waals surface area contributed by atoms with Gasteiger partial charge < -0.3 is 19.4 Å². The summed E-state index contributed by atoms with van der Waals surface area (Å²) in [4.78, 5) is 17.8. The number of aromatic amines is 1. The molecule has 1 N–H and O–H groups in total. The standard InChI is InChI=1S/C20H20N2O3/c1-24-14-6-8-15(9-7-14)25-13-20(23)22-11-10-17-16-4-2-3-5-18(16)21-19(17)12-22/h2-9,21H,10-13H2,1H3. The smallest absolute Gasteiger partial charge is 0.260 e. The maximum atomic E-state index is 12.5. The fourth-order valence-corrected chi connectivity index (χ4v) is 3.31. The number of H-pyrrole nitrogens is 1. The molecule has 0 atom stereocenters. The lowest BCUT2D eigenvalue weighted by Gasteiger charge is -2.27. The predicted molar refractivity (Wildman–Crippen MR) is 95.9 cm³/mol. The van der Waals surface area contributed by atoms with E-state index in [-0.39, 0.29) is 12.5 Å². The largest absolute Gasteiger partial charge is 0.497 e. The Labute approximate surface area is 146 Å². The molecule has 0 fully saturated rings. The fraction of sp³-hybridized carbons (Fsp3) is 0.250. The quantitative estimate of drug-likeness (QED) is 0.796. The van der Waals surface area contributed by atoms with E-state index in [0.29, 0.717) is 12.3 Å². The van der Waals surface area contributed by atoms with Crippen molar-refractivity contribution in [1.82, 2.24) is 9.88 Å². The molecular weight excluding hydrogens is 316 g/mol. The SMILES string of the molecule is COc1ccc(OCC(=O)N2CCc3c([nH]c4ccccc34)C2)cc1. The van der Waals surface area contributed by atoms with Gasteiger partial charge in [0.15, 0.2) is 6.61 Å². The van der Waals surface area contributed by atoms with Crippen LogP contribution in [0.3, 0.4) is 0 Å². The summed E-state index contributed by atoms with van der Waals surface area (Å²) >= 11 is 0. The van der Waals surface area contributed by atoms with E-state index in [9.17, 15) is 4.79 Å². The van der Waals surface area contributed by atoms with Gasteiger partial charge in [-0.05, 0) is 42.3 Å². The lowest BCUT2D eigenvalue weighted by atomic mass is 10.0. The van der Waals surface area contributed by atoms with Crippen LogP contribution >= 0.6 is 0 Å². The second-order valence-electron chi connectivity index (χ2n) is 6.16. The Bertz CT molecular complexity index is 899. The number of nitrogens with zero attached hydrogens (tertiary/aromatic N) is 1. The van der Waals surface area contributed by atoms with Gasteiger partial charge in [0.2, 0.25) is 0 Å². The average molecular weight is 336 g/mol. The molecule has 5 heteroatoms. The van der Waals surface area contributed by atoms with Crippen molar-refractivity contribution >= 4 is 16.8 Å². The highest BCUT2D eigenvalue weighted by molar-refractivity contribution is 5.85. The number of amides is 1. The molecule has 1 amide bonds. The monoisotopic (exact) mass is 336 g/mol. The number of fused-ring (bicyclic) bond motifs is 3. The third-order valence-corrected chi connectivity index (χ3v) is 4.66. The molecule has 25 heavy (non-hydrogen) atoms. The number of hydrogen-bond acceptors (Lipinski definition) is 3. The van der Waals surface area contributed by atoms with Crippen molar-refractivity contribution < 1.29 is 14.3 Å². The van der Waals surface area contributed by atoms with Crippen molar-refractivity contribution in [2.75, 3.05) is 20.3 Å².